The van der Waals surface area contributed by atoms with Crippen molar-refractivity contribution in [3.8, 4) is 0 Å². The number of carbonyl (C=O) groups is 2. The summed E-state index contributed by atoms with van der Waals surface area (Å²) in [5, 5.41) is 9.40. The first-order chi connectivity index (χ1) is 13.5. The van der Waals surface area contributed by atoms with Gasteiger partial charge in [0.2, 0.25) is 5.91 Å². The standard InChI is InChI=1S/C20H17Cl2N3O3/c21-14-6-7-17(22)18(10-14)23-12-19(26)25-15-4-1-3-13(9-15)20(27)24-11-16-5-2-8-28-16/h1-10,23H,11-12H2,(H,24,27)(H,25,26). The Morgan fingerprint density at radius 3 is 2.64 bits per heavy atom. The number of anilines is 2. The van der Waals surface area contributed by atoms with E-state index in [0.29, 0.717) is 32.7 Å². The second-order valence-corrected chi connectivity index (χ2v) is 6.71. The third-order valence-electron chi connectivity index (χ3n) is 3.78. The van der Waals surface area contributed by atoms with E-state index in [1.807, 2.05) is 0 Å². The van der Waals surface area contributed by atoms with Crippen molar-refractivity contribution in [3.63, 3.8) is 0 Å². The van der Waals surface area contributed by atoms with E-state index in [2.05, 4.69) is 16.0 Å². The molecule has 0 fully saturated rings. The van der Waals surface area contributed by atoms with Gasteiger partial charge < -0.3 is 20.4 Å². The van der Waals surface area contributed by atoms with Gasteiger partial charge in [0.05, 0.1) is 30.1 Å². The van der Waals surface area contributed by atoms with Gasteiger partial charge in [0.1, 0.15) is 5.76 Å². The van der Waals surface area contributed by atoms with E-state index >= 15 is 0 Å². The second kappa shape index (κ2) is 9.30. The molecular formula is C20H17Cl2N3O3. The maximum Gasteiger partial charge on any atom is 0.251 e. The molecule has 0 aliphatic heterocycles. The van der Waals surface area contributed by atoms with Crippen molar-refractivity contribution in [1.29, 1.82) is 0 Å². The van der Waals surface area contributed by atoms with Crippen molar-refractivity contribution >= 4 is 46.4 Å². The smallest absolute Gasteiger partial charge is 0.251 e. The molecule has 0 aliphatic carbocycles. The van der Waals surface area contributed by atoms with Crippen LogP contribution in [0, 0.1) is 0 Å². The first-order valence-corrected chi connectivity index (χ1v) is 9.16. The number of rotatable bonds is 7. The summed E-state index contributed by atoms with van der Waals surface area (Å²) in [6.45, 7) is 0.279. The van der Waals surface area contributed by atoms with Crippen molar-refractivity contribution in [2.75, 3.05) is 17.2 Å². The Labute approximate surface area is 171 Å². The van der Waals surface area contributed by atoms with Crippen molar-refractivity contribution in [2.45, 2.75) is 6.54 Å². The molecule has 8 heteroatoms. The van der Waals surface area contributed by atoms with Crippen LogP contribution in [0.3, 0.4) is 0 Å². The first kappa shape index (κ1) is 19.8. The number of amides is 2. The molecule has 3 aromatic rings. The van der Waals surface area contributed by atoms with Gasteiger partial charge in [-0.1, -0.05) is 29.3 Å². The van der Waals surface area contributed by atoms with Crippen molar-refractivity contribution in [2.24, 2.45) is 0 Å². The summed E-state index contributed by atoms with van der Waals surface area (Å²) < 4.78 is 5.18. The lowest BCUT2D eigenvalue weighted by Gasteiger charge is -2.10. The zero-order valence-corrected chi connectivity index (χ0v) is 16.2. The number of furan rings is 1. The molecule has 0 bridgehead atoms. The average Bonchev–Trinajstić information content (AvgIpc) is 3.20. The quantitative estimate of drug-likeness (QED) is 0.525. The maximum atomic E-state index is 12.3. The Morgan fingerprint density at radius 2 is 1.86 bits per heavy atom. The zero-order chi connectivity index (χ0) is 19.9. The Balaban J connectivity index is 1.55. The SMILES string of the molecule is O=C(CNc1cc(Cl)ccc1Cl)Nc1cccc(C(=O)NCc2ccco2)c1. The monoisotopic (exact) mass is 417 g/mol. The molecule has 28 heavy (non-hydrogen) atoms. The molecule has 0 aliphatic rings. The fourth-order valence-electron chi connectivity index (χ4n) is 2.43. The van der Waals surface area contributed by atoms with Crippen molar-refractivity contribution in [3.05, 3.63) is 82.2 Å². The number of nitrogens with one attached hydrogen (secondary N) is 3. The predicted molar refractivity (Wildman–Crippen MR) is 110 cm³/mol. The minimum atomic E-state index is -0.288. The molecule has 0 atom stereocenters. The number of hydrogen-bond acceptors (Lipinski definition) is 4. The summed E-state index contributed by atoms with van der Waals surface area (Å²) in [6.07, 6.45) is 1.54. The van der Waals surface area contributed by atoms with E-state index in [4.69, 9.17) is 27.6 Å². The van der Waals surface area contributed by atoms with Crippen LogP contribution >= 0.6 is 23.2 Å². The van der Waals surface area contributed by atoms with E-state index in [0.717, 1.165) is 0 Å². The van der Waals surface area contributed by atoms with Crippen LogP contribution in [-0.2, 0) is 11.3 Å². The summed E-state index contributed by atoms with van der Waals surface area (Å²) in [7, 11) is 0. The molecule has 2 aromatic carbocycles. The molecule has 144 valence electrons. The Kier molecular flexibility index (Phi) is 6.57. The molecule has 0 radical (unpaired) electrons. The molecule has 6 nitrogen and oxygen atoms in total. The van der Waals surface area contributed by atoms with E-state index < -0.39 is 0 Å². The van der Waals surface area contributed by atoms with Gasteiger partial charge in [0.15, 0.2) is 0 Å². The average molecular weight is 418 g/mol. The zero-order valence-electron chi connectivity index (χ0n) is 14.7. The van der Waals surface area contributed by atoms with Crippen LogP contribution < -0.4 is 16.0 Å². The minimum Gasteiger partial charge on any atom is -0.467 e. The fourth-order valence-corrected chi connectivity index (χ4v) is 2.79. The normalized spacial score (nSPS) is 10.4. The van der Waals surface area contributed by atoms with Crippen LogP contribution in [0.25, 0.3) is 0 Å². The lowest BCUT2D eigenvalue weighted by molar-refractivity contribution is -0.114. The highest BCUT2D eigenvalue weighted by Gasteiger charge is 2.09. The van der Waals surface area contributed by atoms with Gasteiger partial charge in [-0.2, -0.15) is 0 Å². The van der Waals surface area contributed by atoms with Crippen LogP contribution in [0.15, 0.2) is 65.3 Å². The summed E-state index contributed by atoms with van der Waals surface area (Å²) in [4.78, 5) is 24.4. The number of carbonyl (C=O) groups excluding carboxylic acids is 2. The highest BCUT2D eigenvalue weighted by molar-refractivity contribution is 6.35. The molecule has 2 amide bonds. The van der Waals surface area contributed by atoms with Gasteiger partial charge in [-0.05, 0) is 48.5 Å². The van der Waals surface area contributed by atoms with E-state index in [1.54, 1.807) is 60.9 Å². The summed E-state index contributed by atoms with van der Waals surface area (Å²) in [5.41, 5.74) is 1.50. The molecule has 3 rings (SSSR count). The minimum absolute atomic E-state index is 0.00498. The number of halogens is 2. The van der Waals surface area contributed by atoms with Gasteiger partial charge in [-0.15, -0.1) is 0 Å². The van der Waals surface area contributed by atoms with E-state index in [9.17, 15) is 9.59 Å². The first-order valence-electron chi connectivity index (χ1n) is 8.40. The van der Waals surface area contributed by atoms with Crippen LogP contribution in [0.5, 0.6) is 0 Å². The van der Waals surface area contributed by atoms with Crippen LogP contribution in [0.2, 0.25) is 10.0 Å². The van der Waals surface area contributed by atoms with Crippen LogP contribution in [0.4, 0.5) is 11.4 Å². The summed E-state index contributed by atoms with van der Waals surface area (Å²) >= 11 is 12.0. The van der Waals surface area contributed by atoms with Gasteiger partial charge in [0.25, 0.3) is 5.91 Å². The summed E-state index contributed by atoms with van der Waals surface area (Å²) in [5.74, 6) is 0.101. The van der Waals surface area contributed by atoms with E-state index in [1.165, 1.54) is 0 Å². The molecule has 0 saturated carbocycles. The van der Waals surface area contributed by atoms with Crippen LogP contribution in [0.1, 0.15) is 16.1 Å². The number of benzene rings is 2. The fraction of sp³-hybridized carbons (Fsp3) is 0.100. The molecule has 3 N–H and O–H groups in total. The molecular weight excluding hydrogens is 401 g/mol. The van der Waals surface area contributed by atoms with E-state index in [-0.39, 0.29) is 24.9 Å². The van der Waals surface area contributed by atoms with Crippen molar-refractivity contribution < 1.29 is 14.0 Å². The van der Waals surface area contributed by atoms with Crippen molar-refractivity contribution in [1.82, 2.24) is 5.32 Å². The number of hydrogen-bond donors (Lipinski definition) is 3. The van der Waals surface area contributed by atoms with Gasteiger partial charge in [-0.3, -0.25) is 9.59 Å². The topological polar surface area (TPSA) is 83.4 Å². The molecule has 0 unspecified atom stereocenters. The van der Waals surface area contributed by atoms with Gasteiger partial charge in [-0.25, -0.2) is 0 Å². The third kappa shape index (κ3) is 5.52. The third-order valence-corrected chi connectivity index (χ3v) is 4.34. The highest BCUT2D eigenvalue weighted by atomic mass is 35.5. The van der Waals surface area contributed by atoms with Gasteiger partial charge >= 0.3 is 0 Å². The Hall–Kier alpha value is -2.96. The Bertz CT molecular complexity index is 975. The summed E-state index contributed by atoms with van der Waals surface area (Å²) in [6, 6.07) is 15.1. The largest absolute Gasteiger partial charge is 0.467 e. The predicted octanol–water partition coefficient (Wildman–Crippen LogP) is 4.57. The lowest BCUT2D eigenvalue weighted by atomic mass is 10.2. The Morgan fingerprint density at radius 1 is 1.00 bits per heavy atom. The molecule has 0 spiro atoms. The molecule has 1 aromatic heterocycles. The lowest BCUT2D eigenvalue weighted by Crippen LogP contribution is -2.24. The highest BCUT2D eigenvalue weighted by Crippen LogP contribution is 2.25. The maximum absolute atomic E-state index is 12.3. The van der Waals surface area contributed by atoms with Crippen LogP contribution in [-0.4, -0.2) is 18.4 Å². The second-order valence-electron chi connectivity index (χ2n) is 5.87. The molecule has 0 saturated heterocycles. The molecule has 1 heterocycles. The van der Waals surface area contributed by atoms with Gasteiger partial charge in [0, 0.05) is 16.3 Å².